The van der Waals surface area contributed by atoms with Gasteiger partial charge in [-0.15, -0.1) is 0 Å². The smallest absolute Gasteiger partial charge is 0.340 e. The molecule has 1 aromatic carbocycles. The van der Waals surface area contributed by atoms with Crippen LogP contribution in [0.2, 0.25) is 0 Å². The van der Waals surface area contributed by atoms with Gasteiger partial charge >= 0.3 is 5.97 Å². The van der Waals surface area contributed by atoms with Crippen LogP contribution in [0.3, 0.4) is 0 Å². The molecule has 2 aliphatic rings. The van der Waals surface area contributed by atoms with E-state index in [0.29, 0.717) is 18.7 Å². The molecule has 2 heterocycles. The number of nitrogens with one attached hydrogen (secondary N) is 1. The van der Waals surface area contributed by atoms with E-state index in [1.54, 1.807) is 18.2 Å². The summed E-state index contributed by atoms with van der Waals surface area (Å²) in [6, 6.07) is 5.06. The Kier molecular flexibility index (Phi) is 2.08. The first-order chi connectivity index (χ1) is 8.18. The lowest BCUT2D eigenvalue weighted by atomic mass is 9.85. The Bertz CT molecular complexity index is 519. The molecule has 5 heteroatoms. The van der Waals surface area contributed by atoms with Crippen molar-refractivity contribution < 1.29 is 19.4 Å². The van der Waals surface area contributed by atoms with Gasteiger partial charge in [0.25, 0.3) is 0 Å². The molecular weight excluding hydrogens is 222 g/mol. The van der Waals surface area contributed by atoms with Gasteiger partial charge < -0.3 is 15.2 Å². The molecule has 0 radical (unpaired) electrons. The summed E-state index contributed by atoms with van der Waals surface area (Å²) in [6.45, 7) is 0.542. The number of hydrogen-bond donors (Lipinski definition) is 2. The molecule has 0 bridgehead atoms. The van der Waals surface area contributed by atoms with Gasteiger partial charge in [0.05, 0.1) is 5.56 Å². The van der Waals surface area contributed by atoms with E-state index in [-0.39, 0.29) is 5.56 Å². The Hall–Kier alpha value is -1.72. The predicted octanol–water partition coefficient (Wildman–Crippen LogP) is -0.169. The van der Waals surface area contributed by atoms with Gasteiger partial charge in [-0.25, -0.2) is 4.79 Å². The lowest BCUT2D eigenvalue weighted by Crippen LogP contribution is -2.56. The first-order valence-electron chi connectivity index (χ1n) is 5.39. The number of rotatable bonds is 2. The highest BCUT2D eigenvalue weighted by Gasteiger charge is 2.51. The van der Waals surface area contributed by atoms with Gasteiger partial charge in [0.2, 0.25) is 0 Å². The number of hydrogen-bond acceptors (Lipinski definition) is 5. The van der Waals surface area contributed by atoms with Crippen LogP contribution in [0.1, 0.15) is 26.3 Å². The van der Waals surface area contributed by atoms with Crippen molar-refractivity contribution in [2.24, 2.45) is 0 Å². The number of ether oxygens (including phenoxy) is 1. The molecule has 2 N–H and O–H groups in total. The van der Waals surface area contributed by atoms with E-state index in [9.17, 15) is 9.59 Å². The van der Waals surface area contributed by atoms with Crippen LogP contribution in [-0.2, 0) is 10.3 Å². The molecular formula is C12H11NO4. The van der Waals surface area contributed by atoms with Crippen LogP contribution in [0, 0.1) is 0 Å². The number of aliphatic hydroxyl groups excluding tert-OH is 1. The van der Waals surface area contributed by atoms with Crippen LogP contribution in [0.15, 0.2) is 18.2 Å². The van der Waals surface area contributed by atoms with Crippen molar-refractivity contribution in [3.05, 3.63) is 34.9 Å². The second-order valence-electron chi connectivity index (χ2n) is 4.30. The average molecular weight is 233 g/mol. The zero-order chi connectivity index (χ0) is 12.0. The van der Waals surface area contributed by atoms with Crippen molar-refractivity contribution in [1.29, 1.82) is 0 Å². The molecule has 17 heavy (non-hydrogen) atoms. The third-order valence-corrected chi connectivity index (χ3v) is 3.31. The van der Waals surface area contributed by atoms with E-state index in [2.05, 4.69) is 5.32 Å². The Morgan fingerprint density at radius 1 is 1.47 bits per heavy atom. The molecule has 5 nitrogen and oxygen atoms in total. The first kappa shape index (κ1) is 10.4. The highest BCUT2D eigenvalue weighted by atomic mass is 16.6. The Morgan fingerprint density at radius 2 is 2.24 bits per heavy atom. The number of Topliss-reactive ketones (excluding diaryl/α,β-unsaturated/α-hetero) is 1. The zero-order valence-electron chi connectivity index (χ0n) is 9.03. The van der Waals surface area contributed by atoms with Gasteiger partial charge in [-0.3, -0.25) is 4.79 Å². The number of carbonyl (C=O) groups is 2. The topological polar surface area (TPSA) is 75.6 Å². The van der Waals surface area contributed by atoms with E-state index in [1.165, 1.54) is 0 Å². The van der Waals surface area contributed by atoms with E-state index in [4.69, 9.17) is 9.84 Å². The maximum Gasteiger partial charge on any atom is 0.340 e. The lowest BCUT2D eigenvalue weighted by Gasteiger charge is -2.37. The van der Waals surface area contributed by atoms with E-state index in [1.807, 2.05) is 0 Å². The van der Waals surface area contributed by atoms with Crippen LogP contribution in [-0.4, -0.2) is 36.6 Å². The number of esters is 1. The Labute approximate surface area is 97.4 Å². The molecule has 1 fully saturated rings. The van der Waals surface area contributed by atoms with Gasteiger partial charge in [-0.1, -0.05) is 18.2 Å². The largest absolute Gasteiger partial charge is 0.448 e. The molecule has 1 spiro atoms. The highest BCUT2D eigenvalue weighted by Crippen LogP contribution is 2.40. The minimum Gasteiger partial charge on any atom is -0.448 e. The number of benzene rings is 1. The van der Waals surface area contributed by atoms with E-state index in [0.717, 1.165) is 5.56 Å². The summed E-state index contributed by atoms with van der Waals surface area (Å²) < 4.78 is 5.36. The molecule has 0 saturated carbocycles. The van der Waals surface area contributed by atoms with Gasteiger partial charge in [0.15, 0.2) is 11.4 Å². The molecule has 1 aromatic rings. The first-order valence-corrected chi connectivity index (χ1v) is 5.39. The van der Waals surface area contributed by atoms with Gasteiger partial charge in [-0.05, 0) is 0 Å². The molecule has 0 unspecified atom stereocenters. The van der Waals surface area contributed by atoms with Crippen molar-refractivity contribution in [3.8, 4) is 0 Å². The fraction of sp³-hybridized carbons (Fsp3) is 0.333. The third kappa shape index (κ3) is 1.26. The van der Waals surface area contributed by atoms with Crippen molar-refractivity contribution in [2.75, 3.05) is 19.7 Å². The number of ketones is 1. The van der Waals surface area contributed by atoms with Crippen molar-refractivity contribution in [2.45, 2.75) is 5.60 Å². The summed E-state index contributed by atoms with van der Waals surface area (Å²) >= 11 is 0. The van der Waals surface area contributed by atoms with Crippen molar-refractivity contribution >= 4 is 11.8 Å². The summed E-state index contributed by atoms with van der Waals surface area (Å²) in [4.78, 5) is 23.4. The van der Waals surface area contributed by atoms with Crippen molar-refractivity contribution in [3.63, 3.8) is 0 Å². The van der Waals surface area contributed by atoms with Gasteiger partial charge in [0.1, 0.15) is 6.61 Å². The van der Waals surface area contributed by atoms with Crippen LogP contribution < -0.4 is 5.32 Å². The van der Waals surface area contributed by atoms with Crippen LogP contribution in [0.25, 0.3) is 0 Å². The predicted molar refractivity (Wildman–Crippen MR) is 57.8 cm³/mol. The second-order valence-corrected chi connectivity index (χ2v) is 4.30. The maximum atomic E-state index is 11.8. The van der Waals surface area contributed by atoms with E-state index >= 15 is 0 Å². The monoisotopic (exact) mass is 233 g/mol. The van der Waals surface area contributed by atoms with Crippen LogP contribution >= 0.6 is 0 Å². The maximum absolute atomic E-state index is 11.8. The molecule has 88 valence electrons. The summed E-state index contributed by atoms with van der Waals surface area (Å²) in [5, 5.41) is 11.9. The van der Waals surface area contributed by atoms with Crippen LogP contribution in [0.4, 0.5) is 0 Å². The molecule has 2 aliphatic heterocycles. The Balaban J connectivity index is 2.18. The summed E-state index contributed by atoms with van der Waals surface area (Å²) in [7, 11) is 0. The molecule has 0 atom stereocenters. The standard InChI is InChI=1S/C12H11NO4/c14-4-9(15)7-2-1-3-8-10(7)11(16)17-12(8)5-13-6-12/h1-3,13-14H,4-6H2. The van der Waals surface area contributed by atoms with Crippen molar-refractivity contribution in [1.82, 2.24) is 5.32 Å². The van der Waals surface area contributed by atoms with Crippen LogP contribution in [0.5, 0.6) is 0 Å². The fourth-order valence-electron chi connectivity index (χ4n) is 2.37. The zero-order valence-corrected chi connectivity index (χ0v) is 9.03. The lowest BCUT2D eigenvalue weighted by molar-refractivity contribution is -0.0369. The highest BCUT2D eigenvalue weighted by molar-refractivity contribution is 6.09. The van der Waals surface area contributed by atoms with Gasteiger partial charge in [0, 0.05) is 24.2 Å². The second kappa shape index (κ2) is 3.38. The average Bonchev–Trinajstić information content (AvgIpc) is 2.62. The van der Waals surface area contributed by atoms with Gasteiger partial charge in [-0.2, -0.15) is 0 Å². The Morgan fingerprint density at radius 3 is 2.82 bits per heavy atom. The minimum absolute atomic E-state index is 0.249. The number of fused-ring (bicyclic) bond motifs is 2. The normalized spacial score (nSPS) is 19.7. The summed E-state index contributed by atoms with van der Waals surface area (Å²) in [5.74, 6) is -0.929. The summed E-state index contributed by atoms with van der Waals surface area (Å²) in [6.07, 6.45) is 0. The SMILES string of the molecule is O=C(CO)c1cccc2c1C(=O)OC21CNC1. The molecule has 3 rings (SSSR count). The quantitative estimate of drug-likeness (QED) is 0.548. The molecule has 0 aliphatic carbocycles. The fourth-order valence-corrected chi connectivity index (χ4v) is 2.37. The number of carbonyl (C=O) groups excluding carboxylic acids is 2. The third-order valence-electron chi connectivity index (χ3n) is 3.31. The molecule has 1 saturated heterocycles. The number of aliphatic hydroxyl groups is 1. The molecule has 0 amide bonds. The molecule has 0 aromatic heterocycles. The van der Waals surface area contributed by atoms with E-state index < -0.39 is 24.0 Å². The summed E-state index contributed by atoms with van der Waals surface area (Å²) in [5.41, 5.74) is 0.713. The minimum atomic E-state index is -0.602.